The molecule has 2 fully saturated rings. The molecule has 2 aliphatic rings. The molecule has 0 aromatic heterocycles. The van der Waals surface area contributed by atoms with Gasteiger partial charge in [-0.2, -0.15) is 0 Å². The van der Waals surface area contributed by atoms with Gasteiger partial charge in [-0.25, -0.2) is 4.39 Å². The second kappa shape index (κ2) is 10.8. The Morgan fingerprint density at radius 2 is 1.47 bits per heavy atom. The molecule has 0 bridgehead atoms. The van der Waals surface area contributed by atoms with Crippen LogP contribution in [0, 0.1) is 17.7 Å². The Hall–Kier alpha value is -1.41. The molecule has 0 amide bonds. The number of hydrogen-bond donors (Lipinski definition) is 0. The molecular weight excluding hydrogens is 383 g/mol. The number of hydrogen-bond acceptors (Lipinski definition) is 0. The molecule has 0 atom stereocenters. The third-order valence-electron chi connectivity index (χ3n) is 7.87. The Kier molecular flexibility index (Phi) is 7.81. The van der Waals surface area contributed by atoms with Crippen LogP contribution >= 0.6 is 0 Å². The molecule has 2 aromatic carbocycles. The van der Waals surface area contributed by atoms with Gasteiger partial charge in [-0.1, -0.05) is 93.6 Å². The van der Waals surface area contributed by atoms with Crippen molar-refractivity contribution in [1.29, 1.82) is 0 Å². The van der Waals surface area contributed by atoms with E-state index in [2.05, 4.69) is 31.2 Å². The smallest absolute Gasteiger partial charge is 0.123 e. The van der Waals surface area contributed by atoms with Gasteiger partial charge in [0.15, 0.2) is 0 Å². The van der Waals surface area contributed by atoms with Gasteiger partial charge >= 0.3 is 0 Å². The standard InChI is InChI=1S/C28H38FSi/c1-2-3-6-19-30-20-17-23(18-21-30)22-9-11-24(12-10-22)27-7-4-5-8-28(27)25-13-15-26(29)16-14-25/h4-5,7-8,13-16,22-24H,2-3,6,9-12,17-21H2,1H3. The van der Waals surface area contributed by atoms with Crippen LogP contribution in [-0.4, -0.2) is 8.80 Å². The molecule has 1 saturated heterocycles. The van der Waals surface area contributed by atoms with E-state index in [0.29, 0.717) is 5.92 Å². The van der Waals surface area contributed by atoms with Gasteiger partial charge in [-0.3, -0.25) is 0 Å². The SMILES string of the molecule is CCCCC[Si]1CCC(C2CCC(c3ccccc3-c3ccc(F)cc3)CC2)CC1. The molecule has 30 heavy (non-hydrogen) atoms. The summed E-state index contributed by atoms with van der Waals surface area (Å²) in [6.45, 7) is 2.32. The van der Waals surface area contributed by atoms with Crippen LogP contribution < -0.4 is 0 Å². The molecule has 0 nitrogen and oxygen atoms in total. The number of halogens is 1. The Morgan fingerprint density at radius 1 is 0.800 bits per heavy atom. The number of benzene rings is 2. The average Bonchev–Trinajstić information content (AvgIpc) is 2.80. The van der Waals surface area contributed by atoms with Crippen molar-refractivity contribution in [3.8, 4) is 11.1 Å². The minimum Gasteiger partial charge on any atom is -0.207 e. The maximum atomic E-state index is 13.4. The monoisotopic (exact) mass is 421 g/mol. The molecule has 161 valence electrons. The van der Waals surface area contributed by atoms with Crippen molar-refractivity contribution < 1.29 is 4.39 Å². The molecule has 1 aliphatic carbocycles. The van der Waals surface area contributed by atoms with Crippen LogP contribution in [0.5, 0.6) is 0 Å². The van der Waals surface area contributed by atoms with E-state index >= 15 is 0 Å². The molecule has 2 aromatic rings. The van der Waals surface area contributed by atoms with Crippen molar-refractivity contribution in [2.24, 2.45) is 11.8 Å². The topological polar surface area (TPSA) is 0 Å². The molecule has 1 heterocycles. The van der Waals surface area contributed by atoms with Gasteiger partial charge < -0.3 is 0 Å². The van der Waals surface area contributed by atoms with E-state index in [1.165, 1.54) is 68.9 Å². The van der Waals surface area contributed by atoms with Crippen molar-refractivity contribution in [2.75, 3.05) is 0 Å². The van der Waals surface area contributed by atoms with Gasteiger partial charge in [0.25, 0.3) is 0 Å². The summed E-state index contributed by atoms with van der Waals surface area (Å²) in [5.41, 5.74) is 3.93. The lowest BCUT2D eigenvalue weighted by atomic mass is 9.71. The van der Waals surface area contributed by atoms with Crippen molar-refractivity contribution >= 4 is 8.80 Å². The van der Waals surface area contributed by atoms with Gasteiger partial charge in [-0.05, 0) is 72.3 Å². The second-order valence-corrected chi connectivity index (χ2v) is 12.8. The second-order valence-electron chi connectivity index (χ2n) is 9.75. The number of unbranched alkanes of at least 4 members (excludes halogenated alkanes) is 2. The lowest BCUT2D eigenvalue weighted by Crippen LogP contribution is -2.28. The van der Waals surface area contributed by atoms with E-state index in [1.54, 1.807) is 30.3 Å². The fraction of sp³-hybridized carbons (Fsp3) is 0.571. The zero-order valence-electron chi connectivity index (χ0n) is 18.7. The highest BCUT2D eigenvalue weighted by molar-refractivity contribution is 6.58. The first-order valence-corrected chi connectivity index (χ1v) is 14.5. The van der Waals surface area contributed by atoms with E-state index in [1.807, 2.05) is 12.1 Å². The van der Waals surface area contributed by atoms with E-state index in [0.717, 1.165) is 17.4 Å². The lowest BCUT2D eigenvalue weighted by Gasteiger charge is -2.38. The third-order valence-corrected chi connectivity index (χ3v) is 10.9. The van der Waals surface area contributed by atoms with Crippen LogP contribution in [0.3, 0.4) is 0 Å². The summed E-state index contributed by atoms with van der Waals surface area (Å²) in [5, 5.41) is 0. The zero-order chi connectivity index (χ0) is 20.8. The van der Waals surface area contributed by atoms with Crippen LogP contribution in [0.25, 0.3) is 11.1 Å². The summed E-state index contributed by atoms with van der Waals surface area (Å²) in [4.78, 5) is 0. The van der Waals surface area contributed by atoms with Crippen molar-refractivity contribution in [2.45, 2.75) is 88.8 Å². The molecule has 1 aliphatic heterocycles. The molecule has 4 rings (SSSR count). The summed E-state index contributed by atoms with van der Waals surface area (Å²) >= 11 is 0. The van der Waals surface area contributed by atoms with E-state index in [-0.39, 0.29) is 14.6 Å². The first kappa shape index (κ1) is 21.8. The Balaban J connectivity index is 1.32. The summed E-state index contributed by atoms with van der Waals surface area (Å²) in [6.07, 6.45) is 12.8. The first-order valence-electron chi connectivity index (χ1n) is 12.4. The van der Waals surface area contributed by atoms with E-state index in [9.17, 15) is 4.39 Å². The molecule has 0 N–H and O–H groups in total. The van der Waals surface area contributed by atoms with Crippen LogP contribution in [-0.2, 0) is 0 Å². The quantitative estimate of drug-likeness (QED) is 0.309. The fourth-order valence-corrected chi connectivity index (χ4v) is 9.10. The van der Waals surface area contributed by atoms with Gasteiger partial charge in [0.2, 0.25) is 0 Å². The van der Waals surface area contributed by atoms with E-state index < -0.39 is 0 Å². The van der Waals surface area contributed by atoms with Crippen molar-refractivity contribution in [1.82, 2.24) is 0 Å². The van der Waals surface area contributed by atoms with Gasteiger partial charge in [0.1, 0.15) is 5.82 Å². The van der Waals surface area contributed by atoms with Gasteiger partial charge in [0, 0.05) is 8.80 Å². The van der Waals surface area contributed by atoms with Gasteiger partial charge in [-0.15, -0.1) is 0 Å². The van der Waals surface area contributed by atoms with Crippen molar-refractivity contribution in [3.05, 3.63) is 59.9 Å². The summed E-state index contributed by atoms with van der Waals surface area (Å²) in [7, 11) is -0.00959. The normalized spacial score (nSPS) is 23.5. The Labute approximate surface area is 184 Å². The highest BCUT2D eigenvalue weighted by Gasteiger charge is 2.32. The highest BCUT2D eigenvalue weighted by atomic mass is 28.3. The summed E-state index contributed by atoms with van der Waals surface area (Å²) < 4.78 is 13.4. The van der Waals surface area contributed by atoms with Crippen molar-refractivity contribution in [3.63, 3.8) is 0 Å². The highest BCUT2D eigenvalue weighted by Crippen LogP contribution is 2.45. The number of rotatable bonds is 7. The first-order chi connectivity index (χ1) is 14.7. The average molecular weight is 422 g/mol. The molecule has 0 unspecified atom stereocenters. The van der Waals surface area contributed by atoms with Crippen LogP contribution in [0.1, 0.15) is 76.2 Å². The lowest BCUT2D eigenvalue weighted by molar-refractivity contribution is 0.216. The third kappa shape index (κ3) is 5.44. The molecule has 2 heteroatoms. The largest absolute Gasteiger partial charge is 0.207 e. The van der Waals surface area contributed by atoms with Crippen LogP contribution in [0.2, 0.25) is 18.1 Å². The minimum atomic E-state index is -0.154. The van der Waals surface area contributed by atoms with E-state index in [4.69, 9.17) is 0 Å². The van der Waals surface area contributed by atoms with Crippen LogP contribution in [0.15, 0.2) is 48.5 Å². The van der Waals surface area contributed by atoms with Gasteiger partial charge in [0.05, 0.1) is 0 Å². The fourth-order valence-electron chi connectivity index (χ4n) is 6.04. The molecule has 1 saturated carbocycles. The molecular formula is C28H38FSi. The molecule has 0 spiro atoms. The maximum absolute atomic E-state index is 13.4. The Morgan fingerprint density at radius 3 is 2.17 bits per heavy atom. The zero-order valence-corrected chi connectivity index (χ0v) is 19.7. The molecule has 1 radical (unpaired) electrons. The summed E-state index contributed by atoms with van der Waals surface area (Å²) in [6, 6.07) is 20.6. The maximum Gasteiger partial charge on any atom is 0.123 e. The minimum absolute atomic E-state index is 0.00959. The predicted molar refractivity (Wildman–Crippen MR) is 129 cm³/mol. The van der Waals surface area contributed by atoms with Crippen LogP contribution in [0.4, 0.5) is 4.39 Å². The predicted octanol–water partition coefficient (Wildman–Crippen LogP) is 8.86. The Bertz CT molecular complexity index is 767. The summed E-state index contributed by atoms with van der Waals surface area (Å²) in [5.74, 6) is 2.50.